The lowest BCUT2D eigenvalue weighted by molar-refractivity contribution is -0.132. The molecule has 0 bridgehead atoms. The highest BCUT2D eigenvalue weighted by molar-refractivity contribution is 9.10. The van der Waals surface area contributed by atoms with Crippen molar-refractivity contribution in [3.63, 3.8) is 0 Å². The Balaban J connectivity index is 1.78. The maximum atomic E-state index is 12.1. The Kier molecular flexibility index (Phi) is 4.48. The largest absolute Gasteiger partial charge is 0.507 e. The molecule has 0 aliphatic rings. The smallest absolute Gasteiger partial charge is 0.314 e. The van der Waals surface area contributed by atoms with Crippen molar-refractivity contribution in [1.29, 1.82) is 0 Å². The summed E-state index contributed by atoms with van der Waals surface area (Å²) in [5.74, 6) is -1.44. The van der Waals surface area contributed by atoms with Crippen LogP contribution in [0.15, 0.2) is 65.1 Å². The fraction of sp³-hybridized carbons (Fsp3) is 0. The van der Waals surface area contributed by atoms with Gasteiger partial charge in [0, 0.05) is 26.6 Å². The Morgan fingerprint density at radius 3 is 2.17 bits per heavy atom. The molecule has 0 atom stereocenters. The molecule has 120 valence electrons. The van der Waals surface area contributed by atoms with Crippen molar-refractivity contribution in [2.75, 3.05) is 10.6 Å². The highest BCUT2D eigenvalue weighted by Crippen LogP contribution is 2.29. The quantitative estimate of drug-likeness (QED) is 0.586. The zero-order valence-corrected chi connectivity index (χ0v) is 14.0. The highest BCUT2D eigenvalue weighted by atomic mass is 79.9. The van der Waals surface area contributed by atoms with Crippen LogP contribution in [0.25, 0.3) is 10.8 Å². The maximum absolute atomic E-state index is 12.1. The van der Waals surface area contributed by atoms with Gasteiger partial charge in [0.2, 0.25) is 0 Å². The Morgan fingerprint density at radius 1 is 0.792 bits per heavy atom. The number of rotatable bonds is 2. The van der Waals surface area contributed by atoms with E-state index in [2.05, 4.69) is 26.6 Å². The third kappa shape index (κ3) is 3.38. The fourth-order valence-corrected chi connectivity index (χ4v) is 2.57. The summed E-state index contributed by atoms with van der Waals surface area (Å²) < 4.78 is 0.875. The van der Waals surface area contributed by atoms with Gasteiger partial charge < -0.3 is 15.7 Å². The van der Waals surface area contributed by atoms with Gasteiger partial charge in [-0.05, 0) is 36.4 Å². The number of benzene rings is 3. The number of phenols is 1. The molecule has 0 unspecified atom stereocenters. The maximum Gasteiger partial charge on any atom is 0.314 e. The van der Waals surface area contributed by atoms with Gasteiger partial charge >= 0.3 is 11.8 Å². The number of phenolic OH excluding ortho intramolecular Hbond substituents is 1. The van der Waals surface area contributed by atoms with Gasteiger partial charge in [0.1, 0.15) is 5.75 Å². The molecule has 0 radical (unpaired) electrons. The molecule has 3 aromatic rings. The van der Waals surface area contributed by atoms with E-state index >= 15 is 0 Å². The van der Waals surface area contributed by atoms with Crippen molar-refractivity contribution < 1.29 is 14.7 Å². The van der Waals surface area contributed by atoms with Crippen LogP contribution in [0.5, 0.6) is 5.75 Å². The van der Waals surface area contributed by atoms with Crippen LogP contribution in [0, 0.1) is 0 Å². The molecule has 0 aliphatic heterocycles. The monoisotopic (exact) mass is 384 g/mol. The minimum atomic E-state index is -0.784. The first-order valence-corrected chi connectivity index (χ1v) is 7.92. The number of halogens is 1. The average Bonchev–Trinajstić information content (AvgIpc) is 2.58. The Bertz CT molecular complexity index is 923. The first-order chi connectivity index (χ1) is 11.5. The zero-order valence-electron chi connectivity index (χ0n) is 12.4. The summed E-state index contributed by atoms with van der Waals surface area (Å²) in [6.45, 7) is 0. The van der Waals surface area contributed by atoms with Gasteiger partial charge in [-0.1, -0.05) is 40.2 Å². The molecule has 5 nitrogen and oxygen atoms in total. The molecule has 0 aliphatic carbocycles. The van der Waals surface area contributed by atoms with E-state index in [0.29, 0.717) is 22.1 Å². The second-order valence-electron chi connectivity index (χ2n) is 5.09. The molecule has 0 fully saturated rings. The first-order valence-electron chi connectivity index (χ1n) is 7.13. The fourth-order valence-electron chi connectivity index (χ4n) is 2.30. The van der Waals surface area contributed by atoms with E-state index in [-0.39, 0.29) is 5.75 Å². The minimum absolute atomic E-state index is 0.114. The lowest BCUT2D eigenvalue weighted by Crippen LogP contribution is -2.29. The van der Waals surface area contributed by atoms with Crippen LogP contribution in [0.2, 0.25) is 0 Å². The lowest BCUT2D eigenvalue weighted by Gasteiger charge is -2.10. The van der Waals surface area contributed by atoms with Gasteiger partial charge in [-0.15, -0.1) is 0 Å². The third-order valence-electron chi connectivity index (χ3n) is 3.46. The first kappa shape index (κ1) is 16.0. The van der Waals surface area contributed by atoms with Crippen LogP contribution in [0.3, 0.4) is 0 Å². The van der Waals surface area contributed by atoms with Gasteiger partial charge in [0.25, 0.3) is 0 Å². The van der Waals surface area contributed by atoms with E-state index in [0.717, 1.165) is 4.47 Å². The molecular formula is C18H13BrN2O3. The Hall–Kier alpha value is -2.86. The zero-order chi connectivity index (χ0) is 17.1. The number of hydrogen-bond donors (Lipinski definition) is 3. The molecule has 0 heterocycles. The number of amides is 2. The number of hydrogen-bond acceptors (Lipinski definition) is 3. The molecular weight excluding hydrogens is 372 g/mol. The van der Waals surface area contributed by atoms with Crippen molar-refractivity contribution in [1.82, 2.24) is 0 Å². The summed E-state index contributed by atoms with van der Waals surface area (Å²) in [6, 6.07) is 17.0. The predicted molar refractivity (Wildman–Crippen MR) is 97.0 cm³/mol. The number of fused-ring (bicyclic) bond motifs is 1. The third-order valence-corrected chi connectivity index (χ3v) is 3.98. The molecule has 0 saturated heterocycles. The van der Waals surface area contributed by atoms with Crippen molar-refractivity contribution in [2.45, 2.75) is 0 Å². The van der Waals surface area contributed by atoms with Crippen LogP contribution < -0.4 is 10.6 Å². The van der Waals surface area contributed by atoms with E-state index in [1.165, 1.54) is 0 Å². The van der Waals surface area contributed by atoms with E-state index in [4.69, 9.17) is 0 Å². The van der Waals surface area contributed by atoms with E-state index < -0.39 is 11.8 Å². The second-order valence-corrected chi connectivity index (χ2v) is 6.01. The molecule has 0 saturated carbocycles. The number of nitrogens with one attached hydrogen (secondary N) is 2. The van der Waals surface area contributed by atoms with Gasteiger partial charge in [0.05, 0.1) is 0 Å². The van der Waals surface area contributed by atoms with Crippen molar-refractivity contribution >= 4 is 49.9 Å². The van der Waals surface area contributed by atoms with Crippen molar-refractivity contribution in [3.8, 4) is 5.75 Å². The second kappa shape index (κ2) is 6.72. The van der Waals surface area contributed by atoms with Gasteiger partial charge in [-0.2, -0.15) is 0 Å². The molecule has 0 aromatic heterocycles. The topological polar surface area (TPSA) is 78.4 Å². The van der Waals surface area contributed by atoms with Crippen LogP contribution in [-0.2, 0) is 9.59 Å². The molecule has 3 rings (SSSR count). The molecule has 3 N–H and O–H groups in total. The molecule has 0 spiro atoms. The van der Waals surface area contributed by atoms with E-state index in [9.17, 15) is 14.7 Å². The SMILES string of the molecule is O=C(Nc1ccc(Br)cc1)C(=O)Nc1cccc2c(O)cccc12. The molecule has 2 amide bonds. The summed E-state index contributed by atoms with van der Waals surface area (Å²) >= 11 is 3.30. The summed E-state index contributed by atoms with van der Waals surface area (Å²) in [5, 5.41) is 16.2. The van der Waals surface area contributed by atoms with Gasteiger partial charge in [-0.3, -0.25) is 9.59 Å². The normalized spacial score (nSPS) is 10.4. The summed E-state index contributed by atoms with van der Waals surface area (Å²) in [4.78, 5) is 24.1. The summed E-state index contributed by atoms with van der Waals surface area (Å²) in [6.07, 6.45) is 0. The molecule has 3 aromatic carbocycles. The standard InChI is InChI=1S/C18H13BrN2O3/c19-11-7-9-12(10-8-11)20-17(23)18(24)21-15-5-1-4-14-13(15)3-2-6-16(14)22/h1-10,22H,(H,20,23)(H,21,24). The summed E-state index contributed by atoms with van der Waals surface area (Å²) in [7, 11) is 0. The average molecular weight is 385 g/mol. The van der Waals surface area contributed by atoms with E-state index in [1.807, 2.05) is 0 Å². The minimum Gasteiger partial charge on any atom is -0.507 e. The van der Waals surface area contributed by atoms with Gasteiger partial charge in [-0.25, -0.2) is 0 Å². The van der Waals surface area contributed by atoms with Crippen LogP contribution in [-0.4, -0.2) is 16.9 Å². The number of carbonyl (C=O) groups is 2. The summed E-state index contributed by atoms with van der Waals surface area (Å²) in [5.41, 5.74) is 0.980. The molecule has 24 heavy (non-hydrogen) atoms. The van der Waals surface area contributed by atoms with Crippen molar-refractivity contribution in [3.05, 3.63) is 65.1 Å². The van der Waals surface area contributed by atoms with Crippen LogP contribution in [0.1, 0.15) is 0 Å². The molecule has 6 heteroatoms. The number of anilines is 2. The Morgan fingerprint density at radius 2 is 1.42 bits per heavy atom. The van der Waals surface area contributed by atoms with E-state index in [1.54, 1.807) is 60.7 Å². The number of carbonyl (C=O) groups excluding carboxylic acids is 2. The predicted octanol–water partition coefficient (Wildman–Crippen LogP) is 3.89. The Labute approximate surface area is 146 Å². The number of aromatic hydroxyl groups is 1. The van der Waals surface area contributed by atoms with Crippen LogP contribution in [0.4, 0.5) is 11.4 Å². The lowest BCUT2D eigenvalue weighted by atomic mass is 10.1. The van der Waals surface area contributed by atoms with Gasteiger partial charge in [0.15, 0.2) is 0 Å². The highest BCUT2D eigenvalue weighted by Gasteiger charge is 2.15. The van der Waals surface area contributed by atoms with Crippen molar-refractivity contribution in [2.24, 2.45) is 0 Å². The van der Waals surface area contributed by atoms with Crippen LogP contribution >= 0.6 is 15.9 Å².